The Kier molecular flexibility index (Phi) is 6.40. The number of nitrogens with zero attached hydrogens (tertiary/aromatic N) is 2. The van der Waals surface area contributed by atoms with E-state index in [0.717, 1.165) is 0 Å². The van der Waals surface area contributed by atoms with Gasteiger partial charge in [-0.2, -0.15) is 0 Å². The zero-order valence-electron chi connectivity index (χ0n) is 17.1. The number of carboxylic acids is 1. The molecule has 3 aromatic rings. The summed E-state index contributed by atoms with van der Waals surface area (Å²) in [5.74, 6) is -0.678. The van der Waals surface area contributed by atoms with Crippen molar-refractivity contribution in [3.63, 3.8) is 0 Å². The molecule has 0 spiro atoms. The fraction of sp³-hybridized carbons (Fsp3) is 0.190. The predicted octanol–water partition coefficient (Wildman–Crippen LogP) is 3.11. The molecule has 2 N–H and O–H groups in total. The number of carbonyl (C=O) groups is 1. The van der Waals surface area contributed by atoms with Gasteiger partial charge in [0.25, 0.3) is 15.9 Å². The molecule has 0 amide bonds. The number of rotatable bonds is 8. The Hall–Kier alpha value is -3.66. The Bertz CT molecular complexity index is 1200. The van der Waals surface area contributed by atoms with Crippen molar-refractivity contribution in [3.8, 4) is 22.8 Å². The number of methoxy groups -OCH3 is 1. The van der Waals surface area contributed by atoms with E-state index in [1.54, 1.807) is 49.4 Å². The van der Waals surface area contributed by atoms with Crippen molar-refractivity contribution >= 4 is 21.8 Å². The Morgan fingerprint density at radius 2 is 1.81 bits per heavy atom. The summed E-state index contributed by atoms with van der Waals surface area (Å²) < 4.78 is 39.1. The zero-order valence-corrected chi connectivity index (χ0v) is 17.9. The number of aliphatic carboxylic acids is 1. The molecule has 1 aromatic heterocycles. The Morgan fingerprint density at radius 1 is 1.13 bits per heavy atom. The monoisotopic (exact) mass is 443 g/mol. The number of aromatic nitrogens is 2. The average molecular weight is 443 g/mol. The largest absolute Gasteiger partial charge is 0.479 e. The summed E-state index contributed by atoms with van der Waals surface area (Å²) in [6.07, 6.45) is 0.427. The van der Waals surface area contributed by atoms with E-state index in [0.29, 0.717) is 22.6 Å². The first-order valence-electron chi connectivity index (χ1n) is 9.20. The minimum atomic E-state index is -4.02. The smallest absolute Gasteiger partial charge is 0.344 e. The maximum Gasteiger partial charge on any atom is 0.344 e. The Morgan fingerprint density at radius 3 is 2.45 bits per heavy atom. The van der Waals surface area contributed by atoms with E-state index in [-0.39, 0.29) is 16.6 Å². The van der Waals surface area contributed by atoms with Gasteiger partial charge in [-0.05, 0) is 37.6 Å². The van der Waals surface area contributed by atoms with Crippen LogP contribution in [0.2, 0.25) is 0 Å². The van der Waals surface area contributed by atoms with Gasteiger partial charge in [-0.1, -0.05) is 30.3 Å². The first-order valence-corrected chi connectivity index (χ1v) is 10.7. The molecular formula is C21H21N3O6S. The molecule has 0 radical (unpaired) electrons. The van der Waals surface area contributed by atoms with E-state index in [1.165, 1.54) is 26.3 Å². The lowest BCUT2D eigenvalue weighted by Gasteiger charge is -2.14. The van der Waals surface area contributed by atoms with Crippen molar-refractivity contribution < 1.29 is 27.8 Å². The van der Waals surface area contributed by atoms with Crippen LogP contribution in [0.15, 0.2) is 59.6 Å². The van der Waals surface area contributed by atoms with E-state index in [9.17, 15) is 13.2 Å². The van der Waals surface area contributed by atoms with Crippen LogP contribution in [0.1, 0.15) is 12.6 Å². The highest BCUT2D eigenvalue weighted by Crippen LogP contribution is 2.31. The summed E-state index contributed by atoms with van der Waals surface area (Å²) in [6.45, 7) is 3.14. The third-order valence-corrected chi connectivity index (χ3v) is 5.68. The van der Waals surface area contributed by atoms with E-state index in [2.05, 4.69) is 14.7 Å². The first kappa shape index (κ1) is 22.0. The molecule has 1 heterocycles. The highest BCUT2D eigenvalue weighted by molar-refractivity contribution is 7.92. The van der Waals surface area contributed by atoms with Crippen LogP contribution in [0.25, 0.3) is 11.1 Å². The fourth-order valence-electron chi connectivity index (χ4n) is 2.76. The third-order valence-electron chi connectivity index (χ3n) is 4.29. The molecule has 3 rings (SSSR count). The van der Waals surface area contributed by atoms with Crippen molar-refractivity contribution in [1.82, 2.24) is 9.97 Å². The number of carboxylic acid groups (broad SMARTS) is 1. The van der Waals surface area contributed by atoms with Gasteiger partial charge in [0.2, 0.25) is 5.82 Å². The predicted molar refractivity (Wildman–Crippen MR) is 114 cm³/mol. The maximum atomic E-state index is 13.1. The van der Waals surface area contributed by atoms with Gasteiger partial charge < -0.3 is 14.6 Å². The van der Waals surface area contributed by atoms with Crippen LogP contribution in [0.5, 0.6) is 11.6 Å². The minimum Gasteiger partial charge on any atom is -0.479 e. The van der Waals surface area contributed by atoms with Gasteiger partial charge >= 0.3 is 5.97 Å². The number of ether oxygens (including phenoxy) is 2. The summed E-state index contributed by atoms with van der Waals surface area (Å²) in [5.41, 5.74) is 1.64. The summed E-state index contributed by atoms with van der Waals surface area (Å²) in [5, 5.41) is 8.96. The third kappa shape index (κ3) is 5.10. The van der Waals surface area contributed by atoms with Crippen LogP contribution in [0, 0.1) is 6.92 Å². The summed E-state index contributed by atoms with van der Waals surface area (Å²) in [4.78, 5) is 19.2. The van der Waals surface area contributed by atoms with Crippen LogP contribution in [-0.4, -0.2) is 42.7 Å². The number of hydrogen-bond acceptors (Lipinski definition) is 7. The first-order chi connectivity index (χ1) is 14.7. The number of aryl methyl sites for hydroxylation is 1. The molecule has 0 fully saturated rings. The number of hydrogen-bond donors (Lipinski definition) is 2. The van der Waals surface area contributed by atoms with Gasteiger partial charge in [0.15, 0.2) is 6.10 Å². The molecule has 1 atom stereocenters. The number of sulfonamides is 1. The van der Waals surface area contributed by atoms with Gasteiger partial charge in [-0.15, -0.1) is 0 Å². The molecule has 0 bridgehead atoms. The molecule has 10 heteroatoms. The molecule has 31 heavy (non-hydrogen) atoms. The van der Waals surface area contributed by atoms with Gasteiger partial charge in [-0.25, -0.2) is 23.2 Å². The van der Waals surface area contributed by atoms with Crippen LogP contribution in [-0.2, 0) is 14.8 Å². The van der Waals surface area contributed by atoms with Crippen LogP contribution < -0.4 is 14.2 Å². The van der Waals surface area contributed by atoms with Gasteiger partial charge in [0.05, 0.1) is 23.9 Å². The normalized spacial score (nSPS) is 12.1. The van der Waals surface area contributed by atoms with E-state index >= 15 is 0 Å². The molecule has 0 saturated carbocycles. The van der Waals surface area contributed by atoms with Crippen molar-refractivity contribution in [3.05, 3.63) is 60.4 Å². The lowest BCUT2D eigenvalue weighted by Crippen LogP contribution is -2.22. The van der Waals surface area contributed by atoms with Crippen LogP contribution >= 0.6 is 0 Å². The molecule has 0 aliphatic heterocycles. The number of nitrogens with one attached hydrogen (secondary N) is 1. The molecule has 0 aliphatic rings. The SMILES string of the molecule is COc1nc(C)cnc1NS(=O)(=O)c1ccccc1-c1ccc(OC(C)C(=O)O)cc1. The van der Waals surface area contributed by atoms with Crippen LogP contribution in [0.3, 0.4) is 0 Å². The second-order valence-electron chi connectivity index (χ2n) is 6.59. The van der Waals surface area contributed by atoms with Gasteiger partial charge in [0, 0.05) is 5.56 Å². The van der Waals surface area contributed by atoms with Crippen molar-refractivity contribution in [2.75, 3.05) is 11.8 Å². The lowest BCUT2D eigenvalue weighted by atomic mass is 10.1. The van der Waals surface area contributed by atoms with Crippen molar-refractivity contribution in [1.29, 1.82) is 0 Å². The quantitative estimate of drug-likeness (QED) is 0.544. The summed E-state index contributed by atoms with van der Waals surface area (Å²) in [6, 6.07) is 13.0. The number of anilines is 1. The standard InChI is InChI=1S/C21H21N3O6S/c1-13-12-22-19(20(23-13)29-3)24-31(27,28)18-7-5-4-6-17(18)15-8-10-16(11-9-15)30-14(2)21(25)26/h4-12,14H,1-3H3,(H,22,24)(H,25,26). The van der Waals surface area contributed by atoms with Crippen molar-refractivity contribution in [2.45, 2.75) is 24.8 Å². The molecule has 9 nitrogen and oxygen atoms in total. The zero-order chi connectivity index (χ0) is 22.6. The summed E-state index contributed by atoms with van der Waals surface area (Å²) >= 11 is 0. The topological polar surface area (TPSA) is 128 Å². The summed E-state index contributed by atoms with van der Waals surface area (Å²) in [7, 11) is -2.64. The van der Waals surface area contributed by atoms with Crippen LogP contribution in [0.4, 0.5) is 5.82 Å². The van der Waals surface area contributed by atoms with E-state index in [1.807, 2.05) is 0 Å². The lowest BCUT2D eigenvalue weighted by molar-refractivity contribution is -0.144. The van der Waals surface area contributed by atoms with Gasteiger partial charge in [0.1, 0.15) is 5.75 Å². The molecule has 1 unspecified atom stereocenters. The fourth-order valence-corrected chi connectivity index (χ4v) is 3.99. The number of benzene rings is 2. The Labute approximate surface area is 179 Å². The second kappa shape index (κ2) is 9.00. The van der Waals surface area contributed by atoms with E-state index in [4.69, 9.17) is 14.6 Å². The maximum absolute atomic E-state index is 13.1. The molecule has 0 aliphatic carbocycles. The van der Waals surface area contributed by atoms with Gasteiger partial charge in [-0.3, -0.25) is 4.72 Å². The molecule has 0 saturated heterocycles. The average Bonchev–Trinajstić information content (AvgIpc) is 2.75. The van der Waals surface area contributed by atoms with Crippen molar-refractivity contribution in [2.24, 2.45) is 0 Å². The minimum absolute atomic E-state index is 0.0192. The second-order valence-corrected chi connectivity index (χ2v) is 8.24. The molecular weight excluding hydrogens is 422 g/mol. The van der Waals surface area contributed by atoms with E-state index < -0.39 is 22.1 Å². The molecule has 2 aromatic carbocycles. The highest BCUT2D eigenvalue weighted by atomic mass is 32.2. The molecule has 162 valence electrons. The highest BCUT2D eigenvalue weighted by Gasteiger charge is 2.22. The Balaban J connectivity index is 1.94.